The Hall–Kier alpha value is -1.77. The fourth-order valence-electron chi connectivity index (χ4n) is 1.62. The van der Waals surface area contributed by atoms with Crippen LogP contribution in [-0.4, -0.2) is 11.1 Å². The van der Waals surface area contributed by atoms with Crippen LogP contribution in [0.1, 0.15) is 35.4 Å². The SMILES string of the molecule is CC/C=C\C1OC(=O)c2ccc(O)cc21. The lowest BCUT2D eigenvalue weighted by atomic mass is 10.0. The van der Waals surface area contributed by atoms with Crippen LogP contribution >= 0.6 is 0 Å². The Kier molecular flexibility index (Phi) is 2.46. The number of ether oxygens (including phenoxy) is 1. The maximum Gasteiger partial charge on any atom is 0.339 e. The number of rotatable bonds is 2. The summed E-state index contributed by atoms with van der Waals surface area (Å²) in [5, 5.41) is 9.33. The lowest BCUT2D eigenvalue weighted by molar-refractivity contribution is 0.0467. The molecule has 3 heteroatoms. The minimum Gasteiger partial charge on any atom is -0.508 e. The summed E-state index contributed by atoms with van der Waals surface area (Å²) in [4.78, 5) is 11.4. The maximum absolute atomic E-state index is 11.4. The molecule has 2 rings (SSSR count). The van der Waals surface area contributed by atoms with Crippen molar-refractivity contribution in [1.82, 2.24) is 0 Å². The van der Waals surface area contributed by atoms with Gasteiger partial charge in [0.25, 0.3) is 0 Å². The summed E-state index contributed by atoms with van der Waals surface area (Å²) in [6.07, 6.45) is 4.32. The molecular weight excluding hydrogens is 192 g/mol. The molecule has 0 amide bonds. The van der Waals surface area contributed by atoms with E-state index in [1.807, 2.05) is 19.1 Å². The summed E-state index contributed by atoms with van der Waals surface area (Å²) >= 11 is 0. The molecule has 78 valence electrons. The minimum atomic E-state index is -0.348. The van der Waals surface area contributed by atoms with Gasteiger partial charge in [-0.25, -0.2) is 4.79 Å². The number of phenols is 1. The summed E-state index contributed by atoms with van der Waals surface area (Å²) in [7, 11) is 0. The van der Waals surface area contributed by atoms with E-state index in [2.05, 4.69) is 0 Å². The predicted octanol–water partition coefficient (Wildman–Crippen LogP) is 2.57. The van der Waals surface area contributed by atoms with Crippen LogP contribution < -0.4 is 0 Å². The largest absolute Gasteiger partial charge is 0.508 e. The van der Waals surface area contributed by atoms with Gasteiger partial charge in [-0.05, 0) is 30.7 Å². The molecule has 1 unspecified atom stereocenters. The van der Waals surface area contributed by atoms with Gasteiger partial charge in [-0.3, -0.25) is 0 Å². The first kappa shape index (κ1) is 9.77. The molecule has 1 aliphatic rings. The molecule has 1 aliphatic heterocycles. The second-order valence-electron chi connectivity index (χ2n) is 3.43. The lowest BCUT2D eigenvalue weighted by Crippen LogP contribution is -1.95. The third-order valence-corrected chi connectivity index (χ3v) is 2.34. The van der Waals surface area contributed by atoms with Crippen LogP contribution in [-0.2, 0) is 4.74 Å². The average Bonchev–Trinajstić information content (AvgIpc) is 2.52. The number of esters is 1. The Labute approximate surface area is 88.0 Å². The van der Waals surface area contributed by atoms with Crippen LogP contribution in [0.5, 0.6) is 5.75 Å². The van der Waals surface area contributed by atoms with Gasteiger partial charge < -0.3 is 9.84 Å². The number of cyclic esters (lactones) is 1. The second-order valence-corrected chi connectivity index (χ2v) is 3.43. The zero-order valence-corrected chi connectivity index (χ0v) is 8.43. The van der Waals surface area contributed by atoms with Crippen molar-refractivity contribution in [2.24, 2.45) is 0 Å². The Bertz CT molecular complexity index is 421. The van der Waals surface area contributed by atoms with Gasteiger partial charge in [0, 0.05) is 5.56 Å². The monoisotopic (exact) mass is 204 g/mol. The molecule has 1 aromatic carbocycles. The van der Waals surface area contributed by atoms with Crippen LogP contribution in [0.3, 0.4) is 0 Å². The Morgan fingerprint density at radius 2 is 2.33 bits per heavy atom. The van der Waals surface area contributed by atoms with E-state index >= 15 is 0 Å². The van der Waals surface area contributed by atoms with Crippen molar-refractivity contribution in [2.75, 3.05) is 0 Å². The molecule has 0 bridgehead atoms. The van der Waals surface area contributed by atoms with E-state index in [1.165, 1.54) is 6.07 Å². The highest BCUT2D eigenvalue weighted by atomic mass is 16.5. The number of hydrogen-bond acceptors (Lipinski definition) is 3. The van der Waals surface area contributed by atoms with Crippen LogP contribution in [0.4, 0.5) is 0 Å². The smallest absolute Gasteiger partial charge is 0.339 e. The third-order valence-electron chi connectivity index (χ3n) is 2.34. The highest BCUT2D eigenvalue weighted by Crippen LogP contribution is 2.33. The molecule has 1 N–H and O–H groups in total. The molecular formula is C12H12O3. The highest BCUT2D eigenvalue weighted by Gasteiger charge is 2.29. The Morgan fingerprint density at radius 3 is 3.07 bits per heavy atom. The summed E-state index contributed by atoms with van der Waals surface area (Å²) in [6, 6.07) is 4.66. The molecule has 0 saturated carbocycles. The van der Waals surface area contributed by atoms with Crippen molar-refractivity contribution in [3.63, 3.8) is 0 Å². The van der Waals surface area contributed by atoms with E-state index < -0.39 is 0 Å². The van der Waals surface area contributed by atoms with Crippen molar-refractivity contribution in [2.45, 2.75) is 19.4 Å². The predicted molar refractivity (Wildman–Crippen MR) is 55.7 cm³/mol. The first-order valence-corrected chi connectivity index (χ1v) is 4.93. The van der Waals surface area contributed by atoms with E-state index in [9.17, 15) is 9.90 Å². The van der Waals surface area contributed by atoms with Gasteiger partial charge in [0.1, 0.15) is 11.9 Å². The Balaban J connectivity index is 2.39. The van der Waals surface area contributed by atoms with Crippen molar-refractivity contribution in [3.8, 4) is 5.75 Å². The van der Waals surface area contributed by atoms with E-state index in [4.69, 9.17) is 4.74 Å². The Morgan fingerprint density at radius 1 is 1.53 bits per heavy atom. The number of aromatic hydroxyl groups is 1. The normalized spacial score (nSPS) is 19.3. The van der Waals surface area contributed by atoms with Gasteiger partial charge in [0.2, 0.25) is 0 Å². The molecule has 1 heterocycles. The topological polar surface area (TPSA) is 46.5 Å². The summed E-state index contributed by atoms with van der Waals surface area (Å²) in [6.45, 7) is 2.01. The summed E-state index contributed by atoms with van der Waals surface area (Å²) in [5.41, 5.74) is 1.28. The fourth-order valence-corrected chi connectivity index (χ4v) is 1.62. The number of allylic oxidation sites excluding steroid dienone is 1. The van der Waals surface area contributed by atoms with Gasteiger partial charge >= 0.3 is 5.97 Å². The quantitative estimate of drug-likeness (QED) is 0.595. The van der Waals surface area contributed by atoms with E-state index in [0.29, 0.717) is 5.56 Å². The van der Waals surface area contributed by atoms with Crippen molar-refractivity contribution >= 4 is 5.97 Å². The number of benzene rings is 1. The number of fused-ring (bicyclic) bond motifs is 1. The van der Waals surface area contributed by atoms with Gasteiger partial charge in [0.05, 0.1) is 5.56 Å². The lowest BCUT2D eigenvalue weighted by Gasteiger charge is -2.04. The molecule has 0 spiro atoms. The number of carbonyl (C=O) groups excluding carboxylic acids is 1. The fraction of sp³-hybridized carbons (Fsp3) is 0.250. The molecule has 15 heavy (non-hydrogen) atoms. The minimum absolute atomic E-state index is 0.155. The van der Waals surface area contributed by atoms with Crippen LogP contribution in [0.2, 0.25) is 0 Å². The first-order valence-electron chi connectivity index (χ1n) is 4.93. The van der Waals surface area contributed by atoms with Gasteiger partial charge in [0.15, 0.2) is 0 Å². The molecule has 1 aromatic rings. The van der Waals surface area contributed by atoms with Gasteiger partial charge in [-0.1, -0.05) is 13.0 Å². The van der Waals surface area contributed by atoms with Gasteiger partial charge in [-0.2, -0.15) is 0 Å². The molecule has 3 nitrogen and oxygen atoms in total. The van der Waals surface area contributed by atoms with E-state index in [-0.39, 0.29) is 17.8 Å². The zero-order valence-electron chi connectivity index (χ0n) is 8.43. The molecule has 0 radical (unpaired) electrons. The highest BCUT2D eigenvalue weighted by molar-refractivity contribution is 5.94. The summed E-state index contributed by atoms with van der Waals surface area (Å²) < 4.78 is 5.15. The zero-order chi connectivity index (χ0) is 10.8. The van der Waals surface area contributed by atoms with Crippen LogP contribution in [0.25, 0.3) is 0 Å². The number of hydrogen-bond donors (Lipinski definition) is 1. The standard InChI is InChI=1S/C12H12O3/c1-2-3-4-11-10-7-8(13)5-6-9(10)12(14)15-11/h3-7,11,13H,2H2,1H3/b4-3-. The van der Waals surface area contributed by atoms with Gasteiger partial charge in [-0.15, -0.1) is 0 Å². The molecule has 0 saturated heterocycles. The van der Waals surface area contributed by atoms with Crippen molar-refractivity contribution in [3.05, 3.63) is 41.5 Å². The van der Waals surface area contributed by atoms with Crippen LogP contribution in [0, 0.1) is 0 Å². The maximum atomic E-state index is 11.4. The molecule has 0 aromatic heterocycles. The number of carbonyl (C=O) groups is 1. The van der Waals surface area contributed by atoms with E-state index in [0.717, 1.165) is 12.0 Å². The molecule has 0 aliphatic carbocycles. The molecule has 0 fully saturated rings. The van der Waals surface area contributed by atoms with E-state index in [1.54, 1.807) is 12.1 Å². The van der Waals surface area contributed by atoms with Crippen LogP contribution in [0.15, 0.2) is 30.4 Å². The second kappa shape index (κ2) is 3.77. The van der Waals surface area contributed by atoms with Crippen molar-refractivity contribution in [1.29, 1.82) is 0 Å². The third kappa shape index (κ3) is 1.73. The molecule has 1 atom stereocenters. The average molecular weight is 204 g/mol. The summed E-state index contributed by atoms with van der Waals surface area (Å²) in [5.74, 6) is -0.169. The van der Waals surface area contributed by atoms with Crippen molar-refractivity contribution < 1.29 is 14.6 Å². The number of phenolic OH excluding ortho intramolecular Hbond substituents is 1. The first-order chi connectivity index (χ1) is 7.22.